The van der Waals surface area contributed by atoms with E-state index in [0.29, 0.717) is 30.3 Å². The smallest absolute Gasteiger partial charge is 0.366 e. The van der Waals surface area contributed by atoms with E-state index in [1.54, 1.807) is 7.05 Å². The van der Waals surface area contributed by atoms with Gasteiger partial charge < -0.3 is 10.6 Å². The number of hydrogen-bond acceptors (Lipinski definition) is 2. The van der Waals surface area contributed by atoms with E-state index < -0.39 is 11.9 Å². The van der Waals surface area contributed by atoms with Crippen molar-refractivity contribution >= 4 is 17.3 Å². The predicted octanol–water partition coefficient (Wildman–Crippen LogP) is 2.26. The Morgan fingerprint density at radius 1 is 1.50 bits per heavy atom. The van der Waals surface area contributed by atoms with Crippen LogP contribution in [-0.4, -0.2) is 28.5 Å². The highest BCUT2D eigenvalue weighted by Crippen LogP contribution is 2.42. The summed E-state index contributed by atoms with van der Waals surface area (Å²) in [5, 5.41) is 9.96. The number of halogens is 3. The van der Waals surface area contributed by atoms with Crippen LogP contribution in [0.2, 0.25) is 0 Å². The molecule has 0 radical (unpaired) electrons. The van der Waals surface area contributed by atoms with Gasteiger partial charge in [-0.25, -0.2) is 0 Å². The van der Waals surface area contributed by atoms with Crippen LogP contribution in [0.3, 0.4) is 0 Å². The van der Waals surface area contributed by atoms with Gasteiger partial charge in [0, 0.05) is 31.7 Å². The zero-order chi connectivity index (χ0) is 14.8. The fraction of sp³-hybridized carbons (Fsp3) is 0.667. The summed E-state index contributed by atoms with van der Waals surface area (Å²) in [6, 6.07) is 1.18. The Bertz CT molecular complexity index is 480. The fourth-order valence-electron chi connectivity index (χ4n) is 1.98. The van der Waals surface area contributed by atoms with Gasteiger partial charge in [-0.15, -0.1) is 0 Å². The van der Waals surface area contributed by atoms with Crippen LogP contribution in [0.1, 0.15) is 36.6 Å². The molecule has 0 aliphatic heterocycles. The molecule has 0 saturated heterocycles. The summed E-state index contributed by atoms with van der Waals surface area (Å²) >= 11 is 4.92. The van der Waals surface area contributed by atoms with Gasteiger partial charge in [0.2, 0.25) is 0 Å². The molecule has 0 bridgehead atoms. The van der Waals surface area contributed by atoms with Crippen LogP contribution in [-0.2, 0) is 12.7 Å². The van der Waals surface area contributed by atoms with Crippen LogP contribution >= 0.6 is 12.2 Å². The van der Waals surface area contributed by atoms with E-state index in [-0.39, 0.29) is 5.92 Å². The van der Waals surface area contributed by atoms with Crippen LogP contribution in [0.4, 0.5) is 13.2 Å². The lowest BCUT2D eigenvalue weighted by Gasteiger charge is -2.09. The third-order valence-electron chi connectivity index (χ3n) is 3.16. The highest BCUT2D eigenvalue weighted by Gasteiger charge is 2.37. The summed E-state index contributed by atoms with van der Waals surface area (Å²) in [4.78, 5) is 0. The molecule has 20 heavy (non-hydrogen) atoms. The summed E-state index contributed by atoms with van der Waals surface area (Å²) < 4.78 is 39.6. The first-order valence-corrected chi connectivity index (χ1v) is 6.93. The minimum absolute atomic E-state index is 0.241. The summed E-state index contributed by atoms with van der Waals surface area (Å²) in [6.45, 7) is 1.06. The normalized spacial score (nSPS) is 15.2. The van der Waals surface area contributed by atoms with E-state index in [0.717, 1.165) is 12.8 Å². The third-order valence-corrected chi connectivity index (χ3v) is 3.50. The summed E-state index contributed by atoms with van der Waals surface area (Å²) in [5.41, 5.74) is -0.0911. The summed E-state index contributed by atoms with van der Waals surface area (Å²) in [7, 11) is 1.71. The number of aromatic nitrogens is 2. The van der Waals surface area contributed by atoms with Gasteiger partial charge in [0.05, 0.1) is 0 Å². The molecule has 0 spiro atoms. The highest BCUT2D eigenvalue weighted by molar-refractivity contribution is 7.80. The second kappa shape index (κ2) is 5.99. The Balaban J connectivity index is 1.96. The molecule has 1 aliphatic carbocycles. The van der Waals surface area contributed by atoms with Gasteiger partial charge in [-0.05, 0) is 37.5 Å². The third kappa shape index (κ3) is 3.84. The highest BCUT2D eigenvalue weighted by atomic mass is 32.1. The number of hydrogen-bond donors (Lipinski definition) is 2. The maximum Gasteiger partial charge on any atom is 0.435 e. The van der Waals surface area contributed by atoms with Crippen LogP contribution < -0.4 is 10.6 Å². The average Bonchev–Trinajstić information content (AvgIpc) is 3.13. The standard InChI is InChI=1S/C12H17F3N4S/c1-16-11(20)17-5-2-6-19-9(8-3-4-8)7-10(18-19)12(13,14)15/h7-8H,2-6H2,1H3,(H2,16,17,20). The van der Waals surface area contributed by atoms with Crippen molar-refractivity contribution in [2.45, 2.75) is 37.9 Å². The first-order valence-electron chi connectivity index (χ1n) is 6.52. The number of nitrogens with zero attached hydrogens (tertiary/aromatic N) is 2. The Morgan fingerprint density at radius 2 is 2.20 bits per heavy atom. The minimum Gasteiger partial charge on any atom is -0.366 e. The number of rotatable bonds is 5. The number of alkyl halides is 3. The summed E-state index contributed by atoms with van der Waals surface area (Å²) in [6.07, 6.45) is -1.81. The molecule has 0 unspecified atom stereocenters. The lowest BCUT2D eigenvalue weighted by atomic mass is 10.2. The molecule has 2 rings (SSSR count). The molecule has 4 nitrogen and oxygen atoms in total. The molecule has 0 amide bonds. The van der Waals surface area contributed by atoms with Crippen molar-refractivity contribution in [3.05, 3.63) is 17.5 Å². The second-order valence-electron chi connectivity index (χ2n) is 4.81. The van der Waals surface area contributed by atoms with E-state index >= 15 is 0 Å². The first kappa shape index (κ1) is 15.1. The molecule has 2 N–H and O–H groups in total. The van der Waals surface area contributed by atoms with Gasteiger partial charge >= 0.3 is 6.18 Å². The van der Waals surface area contributed by atoms with Crippen LogP contribution in [0, 0.1) is 0 Å². The Hall–Kier alpha value is -1.31. The molecule has 1 heterocycles. The van der Waals surface area contributed by atoms with Crippen LogP contribution in [0.5, 0.6) is 0 Å². The van der Waals surface area contributed by atoms with E-state index in [2.05, 4.69) is 15.7 Å². The Morgan fingerprint density at radius 3 is 2.75 bits per heavy atom. The molecule has 1 aromatic heterocycles. The molecule has 1 aromatic rings. The summed E-state index contributed by atoms with van der Waals surface area (Å²) in [5.74, 6) is 0.241. The molecule has 0 aromatic carbocycles. The topological polar surface area (TPSA) is 41.9 Å². The van der Waals surface area contributed by atoms with Crippen LogP contribution in [0.25, 0.3) is 0 Å². The van der Waals surface area contributed by atoms with Crippen molar-refractivity contribution < 1.29 is 13.2 Å². The van der Waals surface area contributed by atoms with E-state index in [4.69, 9.17) is 12.2 Å². The van der Waals surface area contributed by atoms with Crippen LogP contribution in [0.15, 0.2) is 6.07 Å². The lowest BCUT2D eigenvalue weighted by Crippen LogP contribution is -2.33. The van der Waals surface area contributed by atoms with Crippen molar-refractivity contribution in [1.82, 2.24) is 20.4 Å². The van der Waals surface area contributed by atoms with Gasteiger partial charge in [-0.3, -0.25) is 4.68 Å². The van der Waals surface area contributed by atoms with E-state index in [9.17, 15) is 13.2 Å². The molecule has 1 saturated carbocycles. The largest absolute Gasteiger partial charge is 0.435 e. The molecule has 0 atom stereocenters. The van der Waals surface area contributed by atoms with Gasteiger partial charge in [-0.1, -0.05) is 0 Å². The van der Waals surface area contributed by atoms with Crippen molar-refractivity contribution in [2.24, 2.45) is 0 Å². The molecule has 1 aliphatic rings. The SMILES string of the molecule is CNC(=S)NCCCn1nc(C(F)(F)F)cc1C1CC1. The molecule has 112 valence electrons. The zero-order valence-corrected chi connectivity index (χ0v) is 11.9. The maximum atomic E-state index is 12.7. The lowest BCUT2D eigenvalue weighted by molar-refractivity contribution is -0.141. The van der Waals surface area contributed by atoms with Crippen molar-refractivity contribution in [3.63, 3.8) is 0 Å². The predicted molar refractivity (Wildman–Crippen MR) is 73.5 cm³/mol. The second-order valence-corrected chi connectivity index (χ2v) is 5.22. The molecule has 8 heteroatoms. The zero-order valence-electron chi connectivity index (χ0n) is 11.1. The average molecular weight is 306 g/mol. The number of nitrogens with one attached hydrogen (secondary N) is 2. The minimum atomic E-state index is -4.37. The molecule has 1 fully saturated rings. The van der Waals surface area contributed by atoms with E-state index in [1.807, 2.05) is 0 Å². The van der Waals surface area contributed by atoms with Gasteiger partial charge in [-0.2, -0.15) is 18.3 Å². The van der Waals surface area contributed by atoms with Gasteiger partial charge in [0.15, 0.2) is 10.8 Å². The van der Waals surface area contributed by atoms with E-state index in [1.165, 1.54) is 10.7 Å². The van der Waals surface area contributed by atoms with Crippen molar-refractivity contribution in [1.29, 1.82) is 0 Å². The fourth-order valence-corrected chi connectivity index (χ4v) is 2.08. The number of aryl methyl sites for hydroxylation is 1. The van der Waals surface area contributed by atoms with Gasteiger partial charge in [0.1, 0.15) is 0 Å². The first-order chi connectivity index (χ1) is 9.41. The maximum absolute atomic E-state index is 12.7. The molecular formula is C12H17F3N4S. The van der Waals surface area contributed by atoms with Crippen molar-refractivity contribution in [2.75, 3.05) is 13.6 Å². The monoisotopic (exact) mass is 306 g/mol. The van der Waals surface area contributed by atoms with Crippen molar-refractivity contribution in [3.8, 4) is 0 Å². The Kier molecular flexibility index (Phi) is 4.52. The van der Waals surface area contributed by atoms with Gasteiger partial charge in [0.25, 0.3) is 0 Å². The number of thiocarbonyl (C=S) groups is 1. The molecular weight excluding hydrogens is 289 g/mol. The quantitative estimate of drug-likeness (QED) is 0.647. The Labute approximate surface area is 120 Å².